The Balaban J connectivity index is 2.35. The van der Waals surface area contributed by atoms with Crippen molar-refractivity contribution in [2.24, 2.45) is 0 Å². The topological polar surface area (TPSA) is 63.4 Å². The molecule has 4 heteroatoms. The van der Waals surface area contributed by atoms with E-state index in [4.69, 9.17) is 0 Å². The summed E-state index contributed by atoms with van der Waals surface area (Å²) in [4.78, 5) is 9.78. The molecule has 0 unspecified atom stereocenters. The summed E-state index contributed by atoms with van der Waals surface area (Å²) >= 11 is 0. The van der Waals surface area contributed by atoms with E-state index >= 15 is 0 Å². The van der Waals surface area contributed by atoms with E-state index in [0.717, 1.165) is 10.8 Å². The lowest BCUT2D eigenvalue weighted by atomic mass is 10.0. The predicted molar refractivity (Wildman–Crippen MR) is 60.8 cm³/mol. The molecule has 0 aliphatic heterocycles. The molecule has 2 aromatic carbocycles. The Hall–Kier alpha value is -1.94. The summed E-state index contributed by atoms with van der Waals surface area (Å²) < 4.78 is 0. The van der Waals surface area contributed by atoms with Crippen molar-refractivity contribution in [1.29, 1.82) is 0 Å². The van der Waals surface area contributed by atoms with Gasteiger partial charge in [0.05, 0.1) is 0 Å². The molecule has 4 nitrogen and oxygen atoms in total. The molecule has 1 atom stereocenters. The molecule has 0 saturated heterocycles. The van der Waals surface area contributed by atoms with Gasteiger partial charge in [-0.05, 0) is 22.4 Å². The fourth-order valence-corrected chi connectivity index (χ4v) is 1.66. The maximum Gasteiger partial charge on any atom is 0.233 e. The summed E-state index contributed by atoms with van der Waals surface area (Å²) in [5.74, 6) is 0. The fourth-order valence-electron chi connectivity index (χ4n) is 1.66. The van der Waals surface area contributed by atoms with Crippen LogP contribution in [0.25, 0.3) is 10.8 Å². The first-order chi connectivity index (χ1) is 7.66. The van der Waals surface area contributed by atoms with E-state index < -0.39 is 17.6 Å². The third kappa shape index (κ3) is 2.17. The standard InChI is InChI=1S/C12H11NO3/c14-12(8-13(15)16)11-6-5-9-3-1-2-4-10(9)7-11/h1-7,12,14H,8H2/t12-/m0/s1. The van der Waals surface area contributed by atoms with Crippen molar-refractivity contribution in [2.45, 2.75) is 6.10 Å². The number of benzene rings is 2. The van der Waals surface area contributed by atoms with Crippen LogP contribution < -0.4 is 0 Å². The Bertz CT molecular complexity index is 524. The van der Waals surface area contributed by atoms with Crippen LogP contribution in [-0.4, -0.2) is 16.6 Å². The average molecular weight is 217 g/mol. The largest absolute Gasteiger partial charge is 0.382 e. The van der Waals surface area contributed by atoms with E-state index in [9.17, 15) is 15.2 Å². The summed E-state index contributed by atoms with van der Waals surface area (Å²) in [5, 5.41) is 21.9. The third-order valence-electron chi connectivity index (χ3n) is 2.48. The molecule has 0 aliphatic rings. The van der Waals surface area contributed by atoms with Crippen LogP contribution in [0, 0.1) is 10.1 Å². The van der Waals surface area contributed by atoms with Crippen LogP contribution in [0.15, 0.2) is 42.5 Å². The van der Waals surface area contributed by atoms with Gasteiger partial charge in [-0.3, -0.25) is 10.1 Å². The van der Waals surface area contributed by atoms with Gasteiger partial charge in [0.1, 0.15) is 6.10 Å². The van der Waals surface area contributed by atoms with Gasteiger partial charge in [0.15, 0.2) is 0 Å². The lowest BCUT2D eigenvalue weighted by Gasteiger charge is -2.07. The maximum atomic E-state index is 10.3. The zero-order valence-corrected chi connectivity index (χ0v) is 8.54. The molecular weight excluding hydrogens is 206 g/mol. The minimum atomic E-state index is -1.04. The highest BCUT2D eigenvalue weighted by molar-refractivity contribution is 5.83. The molecule has 2 aromatic rings. The summed E-state index contributed by atoms with van der Waals surface area (Å²) in [6, 6.07) is 13.0. The van der Waals surface area contributed by atoms with Gasteiger partial charge in [-0.2, -0.15) is 0 Å². The van der Waals surface area contributed by atoms with E-state index in [1.54, 1.807) is 12.1 Å². The quantitative estimate of drug-likeness (QED) is 0.632. The van der Waals surface area contributed by atoms with Crippen molar-refractivity contribution >= 4 is 10.8 Å². The number of aliphatic hydroxyl groups excluding tert-OH is 1. The van der Waals surface area contributed by atoms with Crippen LogP contribution in [0.1, 0.15) is 11.7 Å². The second-order valence-electron chi connectivity index (χ2n) is 3.64. The van der Waals surface area contributed by atoms with E-state index in [-0.39, 0.29) is 0 Å². The van der Waals surface area contributed by atoms with Crippen LogP contribution in [0.5, 0.6) is 0 Å². The number of fused-ring (bicyclic) bond motifs is 1. The van der Waals surface area contributed by atoms with Gasteiger partial charge >= 0.3 is 0 Å². The lowest BCUT2D eigenvalue weighted by Crippen LogP contribution is -2.11. The van der Waals surface area contributed by atoms with Gasteiger partial charge in [0, 0.05) is 4.92 Å². The van der Waals surface area contributed by atoms with Crippen molar-refractivity contribution in [3.05, 3.63) is 58.1 Å². The SMILES string of the molecule is O=[N+]([O-])C[C@H](O)c1ccc2ccccc2c1. The maximum absolute atomic E-state index is 10.3. The van der Waals surface area contributed by atoms with Crippen LogP contribution in [0.3, 0.4) is 0 Å². The summed E-state index contributed by atoms with van der Waals surface area (Å²) in [6.07, 6.45) is -1.04. The Morgan fingerprint density at radius 3 is 2.56 bits per heavy atom. The van der Waals surface area contributed by atoms with Crippen molar-refractivity contribution in [2.75, 3.05) is 6.54 Å². The highest BCUT2D eigenvalue weighted by atomic mass is 16.6. The van der Waals surface area contributed by atoms with Crippen LogP contribution in [0.2, 0.25) is 0 Å². The Labute approximate surface area is 92.3 Å². The van der Waals surface area contributed by atoms with E-state index in [1.807, 2.05) is 30.3 Å². The average Bonchev–Trinajstić information content (AvgIpc) is 2.27. The Kier molecular flexibility index (Phi) is 2.83. The first-order valence-electron chi connectivity index (χ1n) is 4.95. The van der Waals surface area contributed by atoms with E-state index in [2.05, 4.69) is 0 Å². The molecule has 82 valence electrons. The number of hydrogen-bond donors (Lipinski definition) is 1. The minimum Gasteiger partial charge on any atom is -0.382 e. The molecule has 0 heterocycles. The minimum absolute atomic E-state index is 0.460. The van der Waals surface area contributed by atoms with Gasteiger partial charge in [-0.15, -0.1) is 0 Å². The molecule has 0 radical (unpaired) electrons. The first-order valence-corrected chi connectivity index (χ1v) is 4.95. The molecular formula is C12H11NO3. The second-order valence-corrected chi connectivity index (χ2v) is 3.64. The van der Waals surface area contributed by atoms with Crippen LogP contribution in [0.4, 0.5) is 0 Å². The Morgan fingerprint density at radius 2 is 1.88 bits per heavy atom. The second kappa shape index (κ2) is 4.28. The monoisotopic (exact) mass is 217 g/mol. The molecule has 0 spiro atoms. The van der Waals surface area contributed by atoms with Gasteiger partial charge in [-0.1, -0.05) is 36.4 Å². The van der Waals surface area contributed by atoms with Crippen molar-refractivity contribution in [3.63, 3.8) is 0 Å². The van der Waals surface area contributed by atoms with Crippen molar-refractivity contribution in [3.8, 4) is 0 Å². The van der Waals surface area contributed by atoms with Crippen LogP contribution in [-0.2, 0) is 0 Å². The molecule has 16 heavy (non-hydrogen) atoms. The fraction of sp³-hybridized carbons (Fsp3) is 0.167. The normalized spacial score (nSPS) is 12.6. The smallest absolute Gasteiger partial charge is 0.233 e. The van der Waals surface area contributed by atoms with Gasteiger partial charge < -0.3 is 5.11 Å². The number of nitro groups is 1. The summed E-state index contributed by atoms with van der Waals surface area (Å²) in [7, 11) is 0. The molecule has 0 fully saturated rings. The lowest BCUT2D eigenvalue weighted by molar-refractivity contribution is -0.491. The highest BCUT2D eigenvalue weighted by Crippen LogP contribution is 2.20. The number of nitrogens with zero attached hydrogens (tertiary/aromatic N) is 1. The zero-order valence-electron chi connectivity index (χ0n) is 8.54. The number of hydrogen-bond acceptors (Lipinski definition) is 3. The first kappa shape index (κ1) is 10.6. The Morgan fingerprint density at radius 1 is 1.19 bits per heavy atom. The number of aliphatic hydroxyl groups is 1. The molecule has 0 saturated carbocycles. The molecule has 2 rings (SSSR count). The molecule has 0 aliphatic carbocycles. The molecule has 0 bridgehead atoms. The summed E-state index contributed by atoms with van der Waals surface area (Å²) in [5.41, 5.74) is 0.579. The molecule has 0 aromatic heterocycles. The van der Waals surface area contributed by atoms with Crippen molar-refractivity contribution in [1.82, 2.24) is 0 Å². The highest BCUT2D eigenvalue weighted by Gasteiger charge is 2.13. The summed E-state index contributed by atoms with van der Waals surface area (Å²) in [6.45, 7) is -0.460. The molecule has 0 amide bonds. The van der Waals surface area contributed by atoms with Crippen molar-refractivity contribution < 1.29 is 10.0 Å². The zero-order chi connectivity index (χ0) is 11.5. The van der Waals surface area contributed by atoms with E-state index in [1.165, 1.54) is 0 Å². The predicted octanol–water partition coefficient (Wildman–Crippen LogP) is 2.15. The van der Waals surface area contributed by atoms with Gasteiger partial charge in [0.2, 0.25) is 6.54 Å². The van der Waals surface area contributed by atoms with Gasteiger partial charge in [0.25, 0.3) is 0 Å². The van der Waals surface area contributed by atoms with Gasteiger partial charge in [-0.25, -0.2) is 0 Å². The third-order valence-corrected chi connectivity index (χ3v) is 2.48. The van der Waals surface area contributed by atoms with E-state index in [0.29, 0.717) is 5.56 Å². The molecule has 1 N–H and O–H groups in total. The van der Waals surface area contributed by atoms with Crippen LogP contribution >= 0.6 is 0 Å². The number of rotatable bonds is 3.